The van der Waals surface area contributed by atoms with Gasteiger partial charge in [-0.15, -0.1) is 0 Å². The number of likely N-dealkylation sites (tertiary alicyclic amines) is 1. The van der Waals surface area contributed by atoms with E-state index in [1.165, 1.54) is 11.1 Å². The molecule has 3 rings (SSSR count). The van der Waals surface area contributed by atoms with Gasteiger partial charge in [0.15, 0.2) is 0 Å². The van der Waals surface area contributed by atoms with Gasteiger partial charge in [-0.2, -0.15) is 0 Å². The highest BCUT2D eigenvalue weighted by Crippen LogP contribution is 2.29. The number of rotatable bonds is 5. The molecule has 2 atom stereocenters. The van der Waals surface area contributed by atoms with E-state index in [0.717, 1.165) is 45.3 Å². The van der Waals surface area contributed by atoms with Gasteiger partial charge >= 0.3 is 6.03 Å². The lowest BCUT2D eigenvalue weighted by molar-refractivity contribution is -0.122. The van der Waals surface area contributed by atoms with Crippen LogP contribution in [0.5, 0.6) is 0 Å². The van der Waals surface area contributed by atoms with Crippen LogP contribution in [0.1, 0.15) is 42.9 Å². The fraction of sp³-hybridized carbons (Fsp3) is 0.579. The molecular formula is C19H28N4O2. The molecule has 136 valence electrons. The van der Waals surface area contributed by atoms with Crippen molar-refractivity contribution in [2.24, 2.45) is 0 Å². The average Bonchev–Trinajstić information content (AvgIpc) is 3.07. The maximum absolute atomic E-state index is 12.4. The van der Waals surface area contributed by atoms with E-state index in [9.17, 15) is 9.59 Å². The zero-order valence-electron chi connectivity index (χ0n) is 14.9. The molecule has 0 spiro atoms. The number of nitrogens with one attached hydrogen (secondary N) is 3. The van der Waals surface area contributed by atoms with Gasteiger partial charge in [-0.1, -0.05) is 24.3 Å². The fourth-order valence-electron chi connectivity index (χ4n) is 3.84. The SMILES string of the molecule is CNC(=O)N[C@@H]1CCN(CCC(=O)N[C@H]2CCCc3ccccc32)C1. The third-order valence-corrected chi connectivity index (χ3v) is 5.19. The molecule has 1 heterocycles. The molecule has 1 aliphatic heterocycles. The predicted octanol–water partition coefficient (Wildman–Crippen LogP) is 1.57. The molecule has 6 nitrogen and oxygen atoms in total. The van der Waals surface area contributed by atoms with Crippen LogP contribution in [0.2, 0.25) is 0 Å². The molecule has 1 fully saturated rings. The molecule has 1 saturated heterocycles. The third kappa shape index (κ3) is 4.72. The van der Waals surface area contributed by atoms with E-state index in [-0.39, 0.29) is 24.0 Å². The van der Waals surface area contributed by atoms with Crippen molar-refractivity contribution in [2.75, 3.05) is 26.7 Å². The summed E-state index contributed by atoms with van der Waals surface area (Å²) >= 11 is 0. The van der Waals surface area contributed by atoms with Crippen LogP contribution >= 0.6 is 0 Å². The zero-order chi connectivity index (χ0) is 17.6. The molecule has 0 aromatic heterocycles. The third-order valence-electron chi connectivity index (χ3n) is 5.19. The quantitative estimate of drug-likeness (QED) is 0.759. The molecule has 0 unspecified atom stereocenters. The van der Waals surface area contributed by atoms with Crippen LogP contribution in [0.4, 0.5) is 4.79 Å². The standard InChI is InChI=1S/C19H28N4O2/c1-20-19(25)21-15-9-11-23(13-15)12-10-18(24)22-17-8-4-6-14-5-2-3-7-16(14)17/h2-3,5,7,15,17H,4,6,8-13H2,1H3,(H,22,24)(H2,20,21,25)/t15-,17+/m1/s1. The summed E-state index contributed by atoms with van der Waals surface area (Å²) in [6, 6.07) is 8.60. The van der Waals surface area contributed by atoms with Gasteiger partial charge in [-0.3, -0.25) is 4.79 Å². The maximum Gasteiger partial charge on any atom is 0.314 e. The van der Waals surface area contributed by atoms with Gasteiger partial charge in [0.1, 0.15) is 0 Å². The molecule has 6 heteroatoms. The number of hydrogen-bond donors (Lipinski definition) is 3. The van der Waals surface area contributed by atoms with E-state index in [2.05, 4.69) is 39.0 Å². The minimum atomic E-state index is -0.138. The highest BCUT2D eigenvalue weighted by atomic mass is 16.2. The Bertz CT molecular complexity index is 619. The molecule has 2 aliphatic rings. The molecule has 3 amide bonds. The number of hydrogen-bond acceptors (Lipinski definition) is 3. The van der Waals surface area contributed by atoms with Crippen LogP contribution in [-0.2, 0) is 11.2 Å². The molecule has 1 aliphatic carbocycles. The topological polar surface area (TPSA) is 73.5 Å². The van der Waals surface area contributed by atoms with Crippen LogP contribution in [0.3, 0.4) is 0 Å². The lowest BCUT2D eigenvalue weighted by Crippen LogP contribution is -2.42. The average molecular weight is 344 g/mol. The highest BCUT2D eigenvalue weighted by Gasteiger charge is 2.25. The van der Waals surface area contributed by atoms with Gasteiger partial charge in [0.05, 0.1) is 6.04 Å². The molecule has 0 bridgehead atoms. The van der Waals surface area contributed by atoms with E-state index in [1.807, 2.05) is 6.07 Å². The van der Waals surface area contributed by atoms with Gasteiger partial charge in [0, 0.05) is 39.1 Å². The van der Waals surface area contributed by atoms with Crippen LogP contribution in [0.25, 0.3) is 0 Å². The number of urea groups is 1. The number of carbonyl (C=O) groups excluding carboxylic acids is 2. The van der Waals surface area contributed by atoms with Crippen LogP contribution in [-0.4, -0.2) is 49.6 Å². The van der Waals surface area contributed by atoms with E-state index in [1.54, 1.807) is 7.05 Å². The van der Waals surface area contributed by atoms with Crippen molar-refractivity contribution in [1.29, 1.82) is 0 Å². The Morgan fingerprint density at radius 2 is 2.04 bits per heavy atom. The Morgan fingerprint density at radius 1 is 1.20 bits per heavy atom. The maximum atomic E-state index is 12.4. The molecular weight excluding hydrogens is 316 g/mol. The van der Waals surface area contributed by atoms with Crippen molar-refractivity contribution in [3.63, 3.8) is 0 Å². The van der Waals surface area contributed by atoms with Gasteiger partial charge in [0.25, 0.3) is 0 Å². The number of fused-ring (bicyclic) bond motifs is 1. The second-order valence-corrected chi connectivity index (χ2v) is 6.97. The Balaban J connectivity index is 1.43. The lowest BCUT2D eigenvalue weighted by atomic mass is 9.87. The normalized spacial score (nSPS) is 22.9. The molecule has 1 aromatic rings. The van der Waals surface area contributed by atoms with Gasteiger partial charge in [-0.05, 0) is 36.8 Å². The van der Waals surface area contributed by atoms with Crippen LogP contribution in [0.15, 0.2) is 24.3 Å². The Hall–Kier alpha value is -2.08. The first kappa shape index (κ1) is 17.7. The highest BCUT2D eigenvalue weighted by molar-refractivity contribution is 5.76. The van der Waals surface area contributed by atoms with Gasteiger partial charge < -0.3 is 20.9 Å². The second-order valence-electron chi connectivity index (χ2n) is 6.97. The molecule has 0 radical (unpaired) electrons. The fourth-order valence-corrected chi connectivity index (χ4v) is 3.84. The summed E-state index contributed by atoms with van der Waals surface area (Å²) in [5, 5.41) is 8.71. The minimum Gasteiger partial charge on any atom is -0.349 e. The van der Waals surface area contributed by atoms with Gasteiger partial charge in [0.2, 0.25) is 5.91 Å². The van der Waals surface area contributed by atoms with Crippen molar-refractivity contribution >= 4 is 11.9 Å². The number of amides is 3. The van der Waals surface area contributed by atoms with Crippen LogP contribution < -0.4 is 16.0 Å². The van der Waals surface area contributed by atoms with E-state index >= 15 is 0 Å². The summed E-state index contributed by atoms with van der Waals surface area (Å²) in [5.74, 6) is 0.115. The molecule has 3 N–H and O–H groups in total. The Morgan fingerprint density at radius 3 is 2.88 bits per heavy atom. The van der Waals surface area contributed by atoms with E-state index < -0.39 is 0 Å². The number of aryl methyl sites for hydroxylation is 1. The summed E-state index contributed by atoms with van der Waals surface area (Å²) in [5.41, 5.74) is 2.64. The number of carbonyl (C=O) groups is 2. The van der Waals surface area contributed by atoms with Crippen molar-refractivity contribution in [2.45, 2.75) is 44.2 Å². The summed E-state index contributed by atoms with van der Waals surface area (Å²) in [6.07, 6.45) is 4.69. The van der Waals surface area contributed by atoms with E-state index in [4.69, 9.17) is 0 Å². The summed E-state index contributed by atoms with van der Waals surface area (Å²) in [6.45, 7) is 2.48. The van der Waals surface area contributed by atoms with Crippen molar-refractivity contribution in [3.8, 4) is 0 Å². The molecule has 25 heavy (non-hydrogen) atoms. The van der Waals surface area contributed by atoms with Crippen molar-refractivity contribution < 1.29 is 9.59 Å². The Kier molecular flexibility index (Phi) is 5.91. The first-order valence-corrected chi connectivity index (χ1v) is 9.23. The molecule has 0 saturated carbocycles. The Labute approximate surface area is 149 Å². The molecule has 1 aromatic carbocycles. The lowest BCUT2D eigenvalue weighted by Gasteiger charge is -2.26. The van der Waals surface area contributed by atoms with Crippen molar-refractivity contribution in [3.05, 3.63) is 35.4 Å². The summed E-state index contributed by atoms with van der Waals surface area (Å²) < 4.78 is 0. The first-order valence-electron chi connectivity index (χ1n) is 9.23. The number of benzene rings is 1. The van der Waals surface area contributed by atoms with Crippen LogP contribution in [0, 0.1) is 0 Å². The summed E-state index contributed by atoms with van der Waals surface area (Å²) in [4.78, 5) is 26.0. The summed E-state index contributed by atoms with van der Waals surface area (Å²) in [7, 11) is 1.62. The predicted molar refractivity (Wildman–Crippen MR) is 97.3 cm³/mol. The van der Waals surface area contributed by atoms with E-state index in [0.29, 0.717) is 6.42 Å². The largest absolute Gasteiger partial charge is 0.349 e. The second kappa shape index (κ2) is 8.34. The minimum absolute atomic E-state index is 0.115. The first-order chi connectivity index (χ1) is 12.2. The smallest absolute Gasteiger partial charge is 0.314 e. The monoisotopic (exact) mass is 344 g/mol. The van der Waals surface area contributed by atoms with Gasteiger partial charge in [-0.25, -0.2) is 4.79 Å². The number of nitrogens with zero attached hydrogens (tertiary/aromatic N) is 1. The zero-order valence-corrected chi connectivity index (χ0v) is 14.9. The van der Waals surface area contributed by atoms with Crippen molar-refractivity contribution in [1.82, 2.24) is 20.9 Å².